The maximum Gasteiger partial charge on any atom is 0.172 e. The number of fused-ring (bicyclic) bond motifs is 1. The van der Waals surface area contributed by atoms with Crippen molar-refractivity contribution in [2.45, 2.75) is 13.0 Å². The van der Waals surface area contributed by atoms with Gasteiger partial charge < -0.3 is 14.7 Å². The lowest BCUT2D eigenvalue weighted by molar-refractivity contribution is 0.312. The molecular formula is C14H16BrN3O2. The minimum absolute atomic E-state index is 0.103. The van der Waals surface area contributed by atoms with Gasteiger partial charge in [0.1, 0.15) is 0 Å². The van der Waals surface area contributed by atoms with Crippen molar-refractivity contribution in [3.8, 4) is 22.8 Å². The lowest BCUT2D eigenvalue weighted by Gasteiger charge is -2.22. The van der Waals surface area contributed by atoms with Crippen molar-refractivity contribution >= 4 is 15.9 Å². The number of aromatic nitrogens is 2. The average Bonchev–Trinajstić information content (AvgIpc) is 2.85. The zero-order valence-corrected chi connectivity index (χ0v) is 13.0. The summed E-state index contributed by atoms with van der Waals surface area (Å²) in [7, 11) is 3.63. The van der Waals surface area contributed by atoms with Gasteiger partial charge in [0.05, 0.1) is 17.3 Å². The Morgan fingerprint density at radius 2 is 2.25 bits per heavy atom. The van der Waals surface area contributed by atoms with Crippen LogP contribution < -0.4 is 4.74 Å². The van der Waals surface area contributed by atoms with E-state index in [1.165, 1.54) is 18.4 Å². The molecule has 0 amide bonds. The van der Waals surface area contributed by atoms with Crippen molar-refractivity contribution in [3.05, 3.63) is 27.9 Å². The molecule has 1 aromatic heterocycles. The van der Waals surface area contributed by atoms with E-state index < -0.39 is 0 Å². The molecule has 0 unspecified atom stereocenters. The van der Waals surface area contributed by atoms with Crippen molar-refractivity contribution < 1.29 is 9.84 Å². The fraction of sp³-hybridized carbons (Fsp3) is 0.357. The second-order valence-electron chi connectivity index (χ2n) is 5.00. The Balaban J connectivity index is 2.11. The summed E-state index contributed by atoms with van der Waals surface area (Å²) in [4.78, 5) is 2.26. The number of H-pyrrole nitrogens is 1. The highest BCUT2D eigenvalue weighted by atomic mass is 79.9. The summed E-state index contributed by atoms with van der Waals surface area (Å²) in [5.41, 5.74) is 4.14. The van der Waals surface area contributed by atoms with E-state index in [9.17, 15) is 5.11 Å². The van der Waals surface area contributed by atoms with Crippen LogP contribution in [0.4, 0.5) is 0 Å². The highest BCUT2D eigenvalue weighted by molar-refractivity contribution is 9.10. The van der Waals surface area contributed by atoms with Crippen LogP contribution in [0.2, 0.25) is 0 Å². The molecule has 0 spiro atoms. The standard InChI is InChI=1S/C14H16BrN3O2/c1-18-6-5-10-9(7-18)13(17-16-10)8-3-4-11(20-2)14(19)12(8)15/h3-4,19H,5-7H2,1-2H3,(H,16,17). The van der Waals surface area contributed by atoms with Gasteiger partial charge >= 0.3 is 0 Å². The number of likely N-dealkylation sites (N-methyl/N-ethyl adjacent to an activating group) is 1. The van der Waals surface area contributed by atoms with Crippen LogP contribution in [0, 0.1) is 0 Å². The van der Waals surface area contributed by atoms with Crippen molar-refractivity contribution in [2.75, 3.05) is 20.7 Å². The molecule has 1 aromatic carbocycles. The first-order chi connectivity index (χ1) is 9.61. The van der Waals surface area contributed by atoms with Gasteiger partial charge in [-0.1, -0.05) is 0 Å². The third-order valence-electron chi connectivity index (χ3n) is 3.68. The predicted molar refractivity (Wildman–Crippen MR) is 80.0 cm³/mol. The van der Waals surface area contributed by atoms with Crippen LogP contribution in [0.25, 0.3) is 11.3 Å². The number of nitrogens with zero attached hydrogens (tertiary/aromatic N) is 2. The largest absolute Gasteiger partial charge is 0.503 e. The van der Waals surface area contributed by atoms with Gasteiger partial charge in [-0.25, -0.2) is 0 Å². The number of hydrogen-bond acceptors (Lipinski definition) is 4. The van der Waals surface area contributed by atoms with Gasteiger partial charge in [0.2, 0.25) is 0 Å². The molecule has 0 aliphatic carbocycles. The number of ether oxygens (including phenoxy) is 1. The minimum Gasteiger partial charge on any atom is -0.503 e. The third-order valence-corrected chi connectivity index (χ3v) is 4.48. The molecule has 0 radical (unpaired) electrons. The van der Waals surface area contributed by atoms with E-state index in [4.69, 9.17) is 4.74 Å². The summed E-state index contributed by atoms with van der Waals surface area (Å²) >= 11 is 3.44. The number of aromatic hydroxyl groups is 1. The number of phenols is 1. The van der Waals surface area contributed by atoms with E-state index in [2.05, 4.69) is 38.1 Å². The Morgan fingerprint density at radius 3 is 3.00 bits per heavy atom. The molecule has 0 saturated carbocycles. The van der Waals surface area contributed by atoms with Crippen LogP contribution in [0.3, 0.4) is 0 Å². The molecule has 0 bridgehead atoms. The molecule has 1 aliphatic rings. The maximum absolute atomic E-state index is 10.1. The zero-order chi connectivity index (χ0) is 14.3. The number of benzene rings is 1. The number of aromatic amines is 1. The van der Waals surface area contributed by atoms with Crippen LogP contribution in [-0.2, 0) is 13.0 Å². The molecule has 0 atom stereocenters. The summed E-state index contributed by atoms with van der Waals surface area (Å²) in [6.07, 6.45) is 0.971. The lowest BCUT2D eigenvalue weighted by Crippen LogP contribution is -2.26. The first-order valence-corrected chi connectivity index (χ1v) is 7.21. The Labute approximate surface area is 125 Å². The summed E-state index contributed by atoms with van der Waals surface area (Å²) in [6.45, 7) is 1.89. The van der Waals surface area contributed by atoms with E-state index in [0.717, 1.165) is 30.8 Å². The Kier molecular flexibility index (Phi) is 3.43. The molecule has 3 rings (SSSR count). The van der Waals surface area contributed by atoms with Gasteiger partial charge in [-0.3, -0.25) is 5.10 Å². The maximum atomic E-state index is 10.1. The van der Waals surface area contributed by atoms with Crippen molar-refractivity contribution in [1.82, 2.24) is 15.1 Å². The van der Waals surface area contributed by atoms with Crippen LogP contribution in [-0.4, -0.2) is 40.9 Å². The average molecular weight is 338 g/mol. The highest BCUT2D eigenvalue weighted by Gasteiger charge is 2.23. The Morgan fingerprint density at radius 1 is 1.45 bits per heavy atom. The first kappa shape index (κ1) is 13.5. The zero-order valence-electron chi connectivity index (χ0n) is 11.4. The normalized spacial score (nSPS) is 15.2. The number of halogens is 1. The van der Waals surface area contributed by atoms with Crippen molar-refractivity contribution in [3.63, 3.8) is 0 Å². The number of nitrogens with one attached hydrogen (secondary N) is 1. The van der Waals surface area contributed by atoms with Gasteiger partial charge in [-0.2, -0.15) is 5.10 Å². The number of methoxy groups -OCH3 is 1. The van der Waals surface area contributed by atoms with Gasteiger partial charge in [0.25, 0.3) is 0 Å². The lowest BCUT2D eigenvalue weighted by atomic mass is 10.0. The molecule has 1 aliphatic heterocycles. The quantitative estimate of drug-likeness (QED) is 0.883. The topological polar surface area (TPSA) is 61.4 Å². The minimum atomic E-state index is 0.103. The van der Waals surface area contributed by atoms with E-state index in [1.54, 1.807) is 6.07 Å². The van der Waals surface area contributed by atoms with Gasteiger partial charge in [-0.05, 0) is 35.1 Å². The number of hydrogen-bond donors (Lipinski definition) is 2. The molecule has 0 fully saturated rings. The van der Waals surface area contributed by atoms with E-state index in [0.29, 0.717) is 10.2 Å². The Hall–Kier alpha value is -1.53. The van der Waals surface area contributed by atoms with Gasteiger partial charge in [0.15, 0.2) is 11.5 Å². The van der Waals surface area contributed by atoms with Crippen LogP contribution in [0.1, 0.15) is 11.3 Å². The molecule has 6 heteroatoms. The van der Waals surface area contributed by atoms with Gasteiger partial charge in [-0.15, -0.1) is 0 Å². The summed E-state index contributed by atoms with van der Waals surface area (Å²) in [6, 6.07) is 3.66. The first-order valence-electron chi connectivity index (χ1n) is 6.42. The summed E-state index contributed by atoms with van der Waals surface area (Å²) in [5, 5.41) is 17.6. The second kappa shape index (κ2) is 5.10. The molecule has 20 heavy (non-hydrogen) atoms. The molecule has 0 saturated heterocycles. The SMILES string of the molecule is COc1ccc(-c2n[nH]c3c2CN(C)CC3)c(Br)c1O. The predicted octanol–water partition coefficient (Wildman–Crippen LogP) is 2.54. The molecule has 2 heterocycles. The van der Waals surface area contributed by atoms with E-state index in [-0.39, 0.29) is 5.75 Å². The third kappa shape index (κ3) is 2.09. The van der Waals surface area contributed by atoms with Crippen molar-refractivity contribution in [2.24, 2.45) is 0 Å². The van der Waals surface area contributed by atoms with Crippen LogP contribution in [0.5, 0.6) is 11.5 Å². The Bertz CT molecular complexity index is 654. The highest BCUT2D eigenvalue weighted by Crippen LogP contribution is 2.42. The smallest absolute Gasteiger partial charge is 0.172 e. The fourth-order valence-corrected chi connectivity index (χ4v) is 3.06. The van der Waals surface area contributed by atoms with Crippen LogP contribution in [0.15, 0.2) is 16.6 Å². The van der Waals surface area contributed by atoms with Crippen molar-refractivity contribution in [1.29, 1.82) is 0 Å². The summed E-state index contributed by atoms with van der Waals surface area (Å²) in [5.74, 6) is 0.549. The van der Waals surface area contributed by atoms with Gasteiger partial charge in [0, 0.05) is 36.3 Å². The summed E-state index contributed by atoms with van der Waals surface area (Å²) < 4.78 is 5.72. The molecule has 2 N–H and O–H groups in total. The molecule has 5 nitrogen and oxygen atoms in total. The van der Waals surface area contributed by atoms with E-state index >= 15 is 0 Å². The van der Waals surface area contributed by atoms with Crippen LogP contribution >= 0.6 is 15.9 Å². The number of rotatable bonds is 2. The monoisotopic (exact) mass is 337 g/mol. The molecule has 106 valence electrons. The van der Waals surface area contributed by atoms with E-state index in [1.807, 2.05) is 6.07 Å². The number of phenolic OH excluding ortho intramolecular Hbond substituents is 1. The molecule has 2 aromatic rings. The fourth-order valence-electron chi connectivity index (χ4n) is 2.55. The second-order valence-corrected chi connectivity index (χ2v) is 5.79. The molecular weight excluding hydrogens is 322 g/mol.